The van der Waals surface area contributed by atoms with Crippen molar-refractivity contribution in [1.29, 1.82) is 0 Å². The SMILES string of the molecule is CC#CCNC(=O)C(CN)OC. The summed E-state index contributed by atoms with van der Waals surface area (Å²) < 4.78 is 4.81. The molecule has 0 fully saturated rings. The molecule has 0 aliphatic rings. The topological polar surface area (TPSA) is 64.4 Å². The molecule has 0 rings (SSSR count). The highest BCUT2D eigenvalue weighted by Gasteiger charge is 2.13. The van der Waals surface area contributed by atoms with Gasteiger partial charge in [-0.2, -0.15) is 0 Å². The summed E-state index contributed by atoms with van der Waals surface area (Å²) in [4.78, 5) is 11.1. The van der Waals surface area contributed by atoms with Crippen molar-refractivity contribution in [2.45, 2.75) is 13.0 Å². The van der Waals surface area contributed by atoms with Gasteiger partial charge in [0.15, 0.2) is 0 Å². The summed E-state index contributed by atoms with van der Waals surface area (Å²) in [6.45, 7) is 2.24. The number of methoxy groups -OCH3 is 1. The fourth-order valence-electron chi connectivity index (χ4n) is 0.644. The van der Waals surface area contributed by atoms with Crippen molar-refractivity contribution in [3.05, 3.63) is 0 Å². The largest absolute Gasteiger partial charge is 0.370 e. The molecule has 1 amide bonds. The standard InChI is InChI=1S/C8H14N2O2/c1-3-4-5-10-8(11)7(6-9)12-2/h7H,5-6,9H2,1-2H3,(H,10,11). The number of carbonyl (C=O) groups excluding carboxylic acids is 1. The van der Waals surface area contributed by atoms with Gasteiger partial charge in [0.1, 0.15) is 6.10 Å². The number of ether oxygens (including phenoxy) is 1. The quantitative estimate of drug-likeness (QED) is 0.537. The molecule has 4 heteroatoms. The van der Waals surface area contributed by atoms with Gasteiger partial charge < -0.3 is 15.8 Å². The van der Waals surface area contributed by atoms with E-state index < -0.39 is 6.10 Å². The van der Waals surface area contributed by atoms with E-state index in [2.05, 4.69) is 17.2 Å². The Morgan fingerprint density at radius 1 is 1.75 bits per heavy atom. The summed E-state index contributed by atoms with van der Waals surface area (Å²) in [5, 5.41) is 2.57. The monoisotopic (exact) mass is 170 g/mol. The minimum atomic E-state index is -0.566. The normalized spacial score (nSPS) is 11.2. The number of hydrogen-bond donors (Lipinski definition) is 2. The Labute approximate surface area is 72.5 Å². The average molecular weight is 170 g/mol. The molecular formula is C8H14N2O2. The molecule has 0 spiro atoms. The van der Waals surface area contributed by atoms with Crippen LogP contribution in [0.15, 0.2) is 0 Å². The van der Waals surface area contributed by atoms with E-state index in [9.17, 15) is 4.79 Å². The molecule has 4 nitrogen and oxygen atoms in total. The third-order valence-corrected chi connectivity index (χ3v) is 1.32. The van der Waals surface area contributed by atoms with E-state index in [1.54, 1.807) is 6.92 Å². The molecule has 0 aliphatic carbocycles. The summed E-state index contributed by atoms with van der Waals surface area (Å²) in [5.74, 6) is 5.15. The van der Waals surface area contributed by atoms with Crippen LogP contribution >= 0.6 is 0 Å². The summed E-state index contributed by atoms with van der Waals surface area (Å²) in [7, 11) is 1.45. The zero-order valence-corrected chi connectivity index (χ0v) is 7.39. The molecule has 0 saturated heterocycles. The van der Waals surface area contributed by atoms with Crippen LogP contribution in [0, 0.1) is 11.8 Å². The van der Waals surface area contributed by atoms with E-state index in [-0.39, 0.29) is 12.5 Å². The number of nitrogens with two attached hydrogens (primary N) is 1. The van der Waals surface area contributed by atoms with Crippen molar-refractivity contribution < 1.29 is 9.53 Å². The van der Waals surface area contributed by atoms with Gasteiger partial charge in [0.05, 0.1) is 6.54 Å². The number of rotatable bonds is 4. The molecule has 1 atom stereocenters. The van der Waals surface area contributed by atoms with E-state index in [0.717, 1.165) is 0 Å². The predicted octanol–water partition coefficient (Wildman–Crippen LogP) is -0.900. The molecule has 0 aromatic carbocycles. The van der Waals surface area contributed by atoms with Crippen LogP contribution in [0.5, 0.6) is 0 Å². The van der Waals surface area contributed by atoms with Crippen molar-refractivity contribution in [3.63, 3.8) is 0 Å². The number of carbonyl (C=O) groups is 1. The van der Waals surface area contributed by atoms with Gasteiger partial charge in [0.25, 0.3) is 5.91 Å². The van der Waals surface area contributed by atoms with E-state index in [1.807, 2.05) is 0 Å². The van der Waals surface area contributed by atoms with Gasteiger partial charge in [-0.3, -0.25) is 4.79 Å². The second-order valence-electron chi connectivity index (χ2n) is 2.10. The zero-order chi connectivity index (χ0) is 9.40. The molecule has 0 aromatic rings. The fraction of sp³-hybridized carbons (Fsp3) is 0.625. The smallest absolute Gasteiger partial charge is 0.251 e. The van der Waals surface area contributed by atoms with E-state index in [0.29, 0.717) is 6.54 Å². The Balaban J connectivity index is 3.74. The second kappa shape index (κ2) is 6.65. The van der Waals surface area contributed by atoms with Crippen molar-refractivity contribution in [2.75, 3.05) is 20.2 Å². The van der Waals surface area contributed by atoms with Gasteiger partial charge in [0, 0.05) is 13.7 Å². The first kappa shape index (κ1) is 11.0. The molecule has 0 radical (unpaired) electrons. The van der Waals surface area contributed by atoms with Crippen molar-refractivity contribution in [2.24, 2.45) is 5.73 Å². The maximum Gasteiger partial charge on any atom is 0.251 e. The number of hydrogen-bond acceptors (Lipinski definition) is 3. The van der Waals surface area contributed by atoms with Crippen molar-refractivity contribution in [3.8, 4) is 11.8 Å². The molecule has 0 heterocycles. The summed E-state index contributed by atoms with van der Waals surface area (Å²) in [6.07, 6.45) is -0.566. The summed E-state index contributed by atoms with van der Waals surface area (Å²) >= 11 is 0. The lowest BCUT2D eigenvalue weighted by Crippen LogP contribution is -2.40. The summed E-state index contributed by atoms with van der Waals surface area (Å²) in [5.41, 5.74) is 5.27. The average Bonchev–Trinajstić information content (AvgIpc) is 2.07. The highest BCUT2D eigenvalue weighted by Crippen LogP contribution is 1.85. The minimum Gasteiger partial charge on any atom is -0.370 e. The molecule has 0 aliphatic heterocycles. The van der Waals surface area contributed by atoms with Crippen LogP contribution in [-0.4, -0.2) is 32.2 Å². The Kier molecular flexibility index (Phi) is 6.07. The predicted molar refractivity (Wildman–Crippen MR) is 46.3 cm³/mol. The van der Waals surface area contributed by atoms with Crippen molar-refractivity contribution >= 4 is 5.91 Å². The maximum absolute atomic E-state index is 11.1. The third-order valence-electron chi connectivity index (χ3n) is 1.32. The number of nitrogens with one attached hydrogen (secondary N) is 1. The fourth-order valence-corrected chi connectivity index (χ4v) is 0.644. The third kappa shape index (κ3) is 3.96. The van der Waals surface area contributed by atoms with Crippen LogP contribution in [-0.2, 0) is 9.53 Å². The Hall–Kier alpha value is -1.05. The van der Waals surface area contributed by atoms with Gasteiger partial charge in [-0.25, -0.2) is 0 Å². The molecule has 0 bridgehead atoms. The van der Waals surface area contributed by atoms with Crippen LogP contribution in [0.1, 0.15) is 6.92 Å². The lowest BCUT2D eigenvalue weighted by Gasteiger charge is -2.10. The number of amides is 1. The van der Waals surface area contributed by atoms with Crippen LogP contribution in [0.4, 0.5) is 0 Å². The Bertz CT molecular complexity index is 189. The lowest BCUT2D eigenvalue weighted by molar-refractivity contribution is -0.130. The lowest BCUT2D eigenvalue weighted by atomic mass is 10.3. The molecule has 1 unspecified atom stereocenters. The van der Waals surface area contributed by atoms with Gasteiger partial charge in [-0.15, -0.1) is 5.92 Å². The first-order valence-electron chi connectivity index (χ1n) is 3.66. The van der Waals surface area contributed by atoms with Crippen LogP contribution < -0.4 is 11.1 Å². The molecule has 0 aromatic heterocycles. The first-order valence-corrected chi connectivity index (χ1v) is 3.66. The van der Waals surface area contributed by atoms with Crippen LogP contribution in [0.3, 0.4) is 0 Å². The van der Waals surface area contributed by atoms with Crippen LogP contribution in [0.25, 0.3) is 0 Å². The molecule has 3 N–H and O–H groups in total. The van der Waals surface area contributed by atoms with E-state index in [1.165, 1.54) is 7.11 Å². The molecule has 0 saturated carbocycles. The van der Waals surface area contributed by atoms with E-state index >= 15 is 0 Å². The first-order chi connectivity index (χ1) is 5.76. The van der Waals surface area contributed by atoms with Gasteiger partial charge in [-0.1, -0.05) is 5.92 Å². The highest BCUT2D eigenvalue weighted by atomic mass is 16.5. The van der Waals surface area contributed by atoms with Crippen molar-refractivity contribution in [1.82, 2.24) is 5.32 Å². The maximum atomic E-state index is 11.1. The van der Waals surface area contributed by atoms with Gasteiger partial charge in [0.2, 0.25) is 0 Å². The molecule has 12 heavy (non-hydrogen) atoms. The highest BCUT2D eigenvalue weighted by molar-refractivity contribution is 5.81. The van der Waals surface area contributed by atoms with E-state index in [4.69, 9.17) is 10.5 Å². The van der Waals surface area contributed by atoms with Crippen LogP contribution in [0.2, 0.25) is 0 Å². The van der Waals surface area contributed by atoms with Gasteiger partial charge in [-0.05, 0) is 6.92 Å². The zero-order valence-electron chi connectivity index (χ0n) is 7.39. The Morgan fingerprint density at radius 2 is 2.42 bits per heavy atom. The Morgan fingerprint density at radius 3 is 2.83 bits per heavy atom. The molecule has 68 valence electrons. The minimum absolute atomic E-state index is 0.182. The summed E-state index contributed by atoms with van der Waals surface area (Å²) in [6, 6.07) is 0. The second-order valence-corrected chi connectivity index (χ2v) is 2.10. The molecular weight excluding hydrogens is 156 g/mol. The van der Waals surface area contributed by atoms with Gasteiger partial charge >= 0.3 is 0 Å².